The summed E-state index contributed by atoms with van der Waals surface area (Å²) in [5, 5.41) is 0. The third-order valence-electron chi connectivity index (χ3n) is 2.42. The highest BCUT2D eigenvalue weighted by atomic mass is 16.3. The van der Waals surface area contributed by atoms with E-state index in [0.717, 1.165) is 32.5 Å². The van der Waals surface area contributed by atoms with Gasteiger partial charge < -0.3 is 0 Å². The number of nitrogens with zero attached hydrogens (tertiary/aromatic N) is 1. The smallest absolute Gasteiger partial charge is 0.149 e. The summed E-state index contributed by atoms with van der Waals surface area (Å²) < 4.78 is 0. The molecule has 0 radical (unpaired) electrons. The van der Waals surface area contributed by atoms with Crippen LogP contribution in [0.5, 0.6) is 0 Å². The Hall–Kier alpha value is -0.370. The largest absolute Gasteiger partial charge is 0.298 e. The first-order valence-electron chi connectivity index (χ1n) is 3.61. The number of rotatable bonds is 0. The number of hydrogen-bond acceptors (Lipinski definition) is 2. The molecule has 0 aromatic heterocycles. The summed E-state index contributed by atoms with van der Waals surface area (Å²) in [6.45, 7) is 3.07. The second-order valence-electron chi connectivity index (χ2n) is 3.02. The fourth-order valence-electron chi connectivity index (χ4n) is 1.76. The molecule has 0 aliphatic carbocycles. The second-order valence-corrected chi connectivity index (χ2v) is 3.02. The van der Waals surface area contributed by atoms with Crippen molar-refractivity contribution in [2.45, 2.75) is 12.8 Å². The van der Waals surface area contributed by atoms with Gasteiger partial charge in [0.05, 0.1) is 6.54 Å². The van der Waals surface area contributed by atoms with E-state index in [1.165, 1.54) is 0 Å². The van der Waals surface area contributed by atoms with Crippen LogP contribution in [0.3, 0.4) is 0 Å². The van der Waals surface area contributed by atoms with Crippen LogP contribution in [0.25, 0.3) is 0 Å². The Morgan fingerprint density at radius 1 is 1.33 bits per heavy atom. The summed E-state index contributed by atoms with van der Waals surface area (Å²) in [5.41, 5.74) is 0. The molecule has 50 valence electrons. The number of Topliss-reactive ketones (excluding diaryl/α,β-unsaturated/α-hetero) is 1. The van der Waals surface area contributed by atoms with Gasteiger partial charge in [-0.1, -0.05) is 0 Å². The average molecular weight is 127 g/mol. The minimum atomic E-state index is 0.440. The topological polar surface area (TPSA) is 20.3 Å². The van der Waals surface area contributed by atoms with Crippen LogP contribution in [0.4, 0.5) is 0 Å². The van der Waals surface area contributed by atoms with Gasteiger partial charge in [-0.05, 0) is 25.9 Å². The van der Waals surface area contributed by atoms with Crippen molar-refractivity contribution >= 4 is 5.78 Å². The molecule has 3 saturated heterocycles. The van der Waals surface area contributed by atoms with E-state index in [1.807, 2.05) is 0 Å². The lowest BCUT2D eigenvalue weighted by atomic mass is 10.0. The normalized spacial score (nSPS) is 41.6. The highest BCUT2D eigenvalue weighted by Crippen LogP contribution is 2.23. The number of carbonyl (C=O) groups is 1. The third kappa shape index (κ3) is 0.778. The maximum atomic E-state index is 11.0. The van der Waals surface area contributed by atoms with Crippen LogP contribution in [0.15, 0.2) is 0 Å². The molecule has 3 fully saturated rings. The van der Waals surface area contributed by atoms with E-state index in [-0.39, 0.29) is 0 Å². The van der Waals surface area contributed by atoms with Crippen LogP contribution in [-0.2, 0) is 4.79 Å². The lowest BCUT2D eigenvalue weighted by molar-refractivity contribution is -0.130. The third-order valence-corrected chi connectivity index (χ3v) is 2.42. The summed E-state index contributed by atoms with van der Waals surface area (Å²) in [4.78, 5) is 13.3. The fraction of sp³-hybridized carbons (Fsp3) is 0.857. The Balaban J connectivity index is 2.15. The molecule has 2 bridgehead atoms. The van der Waals surface area contributed by atoms with Crippen molar-refractivity contribution in [1.82, 2.24) is 4.90 Å². The molecule has 0 unspecified atom stereocenters. The Morgan fingerprint density at radius 2 is 2.00 bits per heavy atom. The van der Waals surface area contributed by atoms with E-state index in [0.29, 0.717) is 11.7 Å². The summed E-state index contributed by atoms with van der Waals surface area (Å²) in [7, 11) is 0. The molecule has 2 nitrogen and oxygen atoms in total. The molecule has 2 heteroatoms. The lowest BCUT2D eigenvalue weighted by Gasteiger charge is -2.37. The predicted molar refractivity (Wildman–Crippen MR) is 34.2 cm³/mol. The van der Waals surface area contributed by atoms with E-state index < -0.39 is 0 Å². The van der Waals surface area contributed by atoms with Gasteiger partial charge in [0.1, 0.15) is 5.78 Å². The molecule has 0 aromatic carbocycles. The molecule has 0 saturated carbocycles. The van der Waals surface area contributed by atoms with Gasteiger partial charge in [0.2, 0.25) is 0 Å². The molecule has 0 atom stereocenters. The molecule has 0 N–H and O–H groups in total. The monoisotopic (exact) mass is 127 g/mol. The summed E-state index contributed by atoms with van der Waals surface area (Å²) in [5.74, 6) is 0.919. The van der Waals surface area contributed by atoms with Gasteiger partial charge in [-0.3, -0.25) is 9.69 Å². The number of fused-ring (bicyclic) bond motifs is 3. The number of piperidine rings is 3. The summed E-state index contributed by atoms with van der Waals surface area (Å²) in [6, 6.07) is 0. The minimum Gasteiger partial charge on any atom is -0.298 e. The van der Waals surface area contributed by atoms with Crippen molar-refractivity contribution < 1.29 is 4.79 Å². The highest BCUT2D eigenvalue weighted by molar-refractivity contribution is 5.84. The fourth-order valence-corrected chi connectivity index (χ4v) is 1.76. The van der Waals surface area contributed by atoms with Gasteiger partial charge in [-0.2, -0.15) is 0 Å². The zero-order valence-electron chi connectivity index (χ0n) is 5.47. The zero-order chi connectivity index (χ0) is 6.27. The SMILES string of the molecule is O=[14C]1CN2CCC1CC2. The summed E-state index contributed by atoms with van der Waals surface area (Å²) >= 11 is 0. The Kier molecular flexibility index (Phi) is 1.09. The molecule has 3 aliphatic rings. The van der Waals surface area contributed by atoms with E-state index in [2.05, 4.69) is 4.90 Å². The number of hydrogen-bond donors (Lipinski definition) is 0. The summed E-state index contributed by atoms with van der Waals surface area (Å²) in [6.07, 6.45) is 2.25. The van der Waals surface area contributed by atoms with Gasteiger partial charge in [0, 0.05) is 5.92 Å². The van der Waals surface area contributed by atoms with Crippen LogP contribution in [0.2, 0.25) is 0 Å². The standard InChI is InChI=1S/C7H11NO/c9-7-5-8-3-1-6(7)2-4-8/h6H,1-5H2/i7+2. The first-order chi connectivity index (χ1) is 4.36. The van der Waals surface area contributed by atoms with E-state index >= 15 is 0 Å². The minimum absolute atomic E-state index is 0.440. The first-order valence-corrected chi connectivity index (χ1v) is 3.61. The Morgan fingerprint density at radius 3 is 2.22 bits per heavy atom. The van der Waals surface area contributed by atoms with Crippen LogP contribution >= 0.6 is 0 Å². The molecule has 0 aromatic rings. The van der Waals surface area contributed by atoms with Crippen molar-refractivity contribution in [2.75, 3.05) is 19.6 Å². The van der Waals surface area contributed by atoms with Crippen molar-refractivity contribution in [3.05, 3.63) is 0 Å². The number of ketones is 1. The van der Waals surface area contributed by atoms with E-state index in [4.69, 9.17) is 0 Å². The van der Waals surface area contributed by atoms with E-state index in [1.54, 1.807) is 0 Å². The Bertz CT molecular complexity index is 136. The highest BCUT2D eigenvalue weighted by Gasteiger charge is 2.31. The molecule has 9 heavy (non-hydrogen) atoms. The zero-order valence-corrected chi connectivity index (χ0v) is 5.47. The molecule has 3 rings (SSSR count). The van der Waals surface area contributed by atoms with Crippen LogP contribution < -0.4 is 0 Å². The van der Waals surface area contributed by atoms with Crippen molar-refractivity contribution in [2.24, 2.45) is 5.92 Å². The molecule has 0 amide bonds. The molecule has 3 aliphatic heterocycles. The van der Waals surface area contributed by atoms with Crippen molar-refractivity contribution in [1.29, 1.82) is 0 Å². The van der Waals surface area contributed by atoms with Crippen molar-refractivity contribution in [3.8, 4) is 0 Å². The predicted octanol–water partition coefficient (Wildman–Crippen LogP) is 0.281. The number of carbonyl (C=O) groups excluding carboxylic acids is 1. The maximum absolute atomic E-state index is 11.0. The second kappa shape index (κ2) is 1.81. The quantitative estimate of drug-likeness (QED) is 0.466. The van der Waals surface area contributed by atoms with Gasteiger partial charge in [-0.15, -0.1) is 0 Å². The molecular weight excluding hydrogens is 116 g/mol. The molecule has 3 heterocycles. The van der Waals surface area contributed by atoms with Crippen LogP contribution in [-0.4, -0.2) is 30.3 Å². The molecular formula is C7H11NO. The van der Waals surface area contributed by atoms with E-state index in [9.17, 15) is 4.79 Å². The maximum Gasteiger partial charge on any atom is 0.149 e. The first kappa shape index (κ1) is 5.42. The van der Waals surface area contributed by atoms with Gasteiger partial charge >= 0.3 is 0 Å². The Labute approximate surface area is 54.8 Å². The van der Waals surface area contributed by atoms with Gasteiger partial charge in [0.25, 0.3) is 0 Å². The van der Waals surface area contributed by atoms with Gasteiger partial charge in [-0.25, -0.2) is 0 Å². The van der Waals surface area contributed by atoms with Gasteiger partial charge in [0.15, 0.2) is 0 Å². The van der Waals surface area contributed by atoms with Crippen LogP contribution in [0, 0.1) is 5.92 Å². The van der Waals surface area contributed by atoms with Crippen LogP contribution in [0.1, 0.15) is 12.8 Å². The van der Waals surface area contributed by atoms with Crippen molar-refractivity contribution in [3.63, 3.8) is 0 Å². The lowest BCUT2D eigenvalue weighted by Crippen LogP contribution is -2.47. The average Bonchev–Trinajstić information content (AvgIpc) is 1.90. The molecule has 0 spiro atoms.